The summed E-state index contributed by atoms with van der Waals surface area (Å²) in [6.45, 7) is 4.30. The average Bonchev–Trinajstić information content (AvgIpc) is 3.00. The van der Waals surface area contributed by atoms with E-state index in [1.165, 1.54) is 29.5 Å². The second-order valence-electron chi connectivity index (χ2n) is 11.2. The number of nitrogens with one attached hydrogen (secondary N) is 1. The molecule has 1 amide bonds. The largest absolute Gasteiger partial charge is 0.491 e. The van der Waals surface area contributed by atoms with Crippen molar-refractivity contribution >= 4 is 29.1 Å². The van der Waals surface area contributed by atoms with E-state index < -0.39 is 0 Å². The predicted molar refractivity (Wildman–Crippen MR) is 168 cm³/mol. The normalized spacial score (nSPS) is 15.9. The van der Waals surface area contributed by atoms with Crippen LogP contribution in [0, 0.1) is 0 Å². The van der Waals surface area contributed by atoms with Crippen LogP contribution in [0.25, 0.3) is 11.1 Å². The second-order valence-corrected chi connectivity index (χ2v) is 12.0. The number of piperidine rings is 1. The zero-order chi connectivity index (χ0) is 28.6. The van der Waals surface area contributed by atoms with E-state index in [-0.39, 0.29) is 12.5 Å². The topological polar surface area (TPSA) is 61.8 Å². The Balaban J connectivity index is 1.04. The number of hydrogen-bond donors (Lipinski definition) is 2. The van der Waals surface area contributed by atoms with Gasteiger partial charge in [-0.2, -0.15) is 0 Å². The highest BCUT2D eigenvalue weighted by molar-refractivity contribution is 6.36. The summed E-state index contributed by atoms with van der Waals surface area (Å²) < 4.78 is 6.13. The van der Waals surface area contributed by atoms with Crippen molar-refractivity contribution in [2.24, 2.45) is 0 Å². The van der Waals surface area contributed by atoms with Crippen LogP contribution < -0.4 is 10.1 Å². The molecule has 0 aromatic heterocycles. The summed E-state index contributed by atoms with van der Waals surface area (Å²) in [5.74, 6) is 1.52. The molecule has 0 unspecified atom stereocenters. The first-order chi connectivity index (χ1) is 20.0. The minimum absolute atomic E-state index is 0.0495. The lowest BCUT2D eigenvalue weighted by atomic mass is 9.83. The number of halogens is 2. The lowest BCUT2D eigenvalue weighted by molar-refractivity contribution is 0.0952. The molecule has 1 saturated heterocycles. The predicted octanol–water partition coefficient (Wildman–Crippen LogP) is 7.30. The Hall–Kier alpha value is -2.57. The molecular formula is C34H40Cl2N2O3. The minimum atomic E-state index is -0.0520. The van der Waals surface area contributed by atoms with Crippen LogP contribution in [-0.4, -0.2) is 55.3 Å². The molecule has 3 aromatic rings. The van der Waals surface area contributed by atoms with Crippen molar-refractivity contribution < 1.29 is 14.6 Å². The Bertz CT molecular complexity index is 1320. The summed E-state index contributed by atoms with van der Waals surface area (Å²) in [6.07, 6.45) is 8.96. The zero-order valence-electron chi connectivity index (χ0n) is 23.6. The number of amides is 1. The van der Waals surface area contributed by atoms with Gasteiger partial charge >= 0.3 is 0 Å². The number of hydrogen-bond acceptors (Lipinski definition) is 4. The third kappa shape index (κ3) is 7.64. The van der Waals surface area contributed by atoms with E-state index in [9.17, 15) is 9.90 Å². The van der Waals surface area contributed by atoms with E-state index in [4.69, 9.17) is 27.9 Å². The fraction of sp³-hybridized carbons (Fsp3) is 0.441. The molecule has 1 heterocycles. The molecule has 3 aromatic carbocycles. The fourth-order valence-electron chi connectivity index (χ4n) is 6.21. The van der Waals surface area contributed by atoms with E-state index in [1.807, 2.05) is 36.4 Å². The van der Waals surface area contributed by atoms with Crippen LogP contribution in [0.1, 0.15) is 71.5 Å². The maximum Gasteiger partial charge on any atom is 0.251 e. The monoisotopic (exact) mass is 594 g/mol. The number of fused-ring (bicyclic) bond motifs is 1. The Morgan fingerprint density at radius 3 is 2.51 bits per heavy atom. The van der Waals surface area contributed by atoms with Gasteiger partial charge in [0.1, 0.15) is 12.4 Å². The summed E-state index contributed by atoms with van der Waals surface area (Å²) in [6, 6.07) is 17.5. The van der Waals surface area contributed by atoms with Crippen LogP contribution in [0.5, 0.6) is 5.75 Å². The van der Waals surface area contributed by atoms with Crippen molar-refractivity contribution in [2.75, 3.05) is 39.4 Å². The van der Waals surface area contributed by atoms with Crippen LogP contribution >= 0.6 is 23.2 Å². The van der Waals surface area contributed by atoms with E-state index in [2.05, 4.69) is 22.3 Å². The Kier molecular flexibility index (Phi) is 10.6. The van der Waals surface area contributed by atoms with Crippen LogP contribution in [0.3, 0.4) is 0 Å². The third-order valence-corrected chi connectivity index (χ3v) is 9.00. The van der Waals surface area contributed by atoms with Gasteiger partial charge in [-0.05, 0) is 123 Å². The molecular weight excluding hydrogens is 555 g/mol. The molecule has 5 rings (SSSR count). The van der Waals surface area contributed by atoms with Crippen LogP contribution in [0.4, 0.5) is 0 Å². The molecule has 1 aliphatic heterocycles. The van der Waals surface area contributed by atoms with Gasteiger partial charge in [0.2, 0.25) is 0 Å². The number of carbonyl (C=O) groups is 1. The van der Waals surface area contributed by atoms with Gasteiger partial charge in [-0.25, -0.2) is 0 Å². The van der Waals surface area contributed by atoms with E-state index >= 15 is 0 Å². The highest BCUT2D eigenvalue weighted by atomic mass is 35.5. The van der Waals surface area contributed by atoms with Gasteiger partial charge in [-0.3, -0.25) is 4.79 Å². The van der Waals surface area contributed by atoms with E-state index in [0.29, 0.717) is 34.7 Å². The van der Waals surface area contributed by atoms with Crippen molar-refractivity contribution in [2.45, 2.75) is 57.3 Å². The highest BCUT2D eigenvalue weighted by Crippen LogP contribution is 2.40. The van der Waals surface area contributed by atoms with Crippen LogP contribution in [-0.2, 0) is 12.8 Å². The Labute approximate surface area is 253 Å². The van der Waals surface area contributed by atoms with Crippen LogP contribution in [0.15, 0.2) is 54.6 Å². The first kappa shape index (κ1) is 29.9. The summed E-state index contributed by atoms with van der Waals surface area (Å²) in [5.41, 5.74) is 6.64. The molecule has 218 valence electrons. The summed E-state index contributed by atoms with van der Waals surface area (Å²) in [4.78, 5) is 15.2. The summed E-state index contributed by atoms with van der Waals surface area (Å²) in [5, 5.41) is 13.6. The highest BCUT2D eigenvalue weighted by Gasteiger charge is 2.26. The molecule has 0 bridgehead atoms. The van der Waals surface area contributed by atoms with E-state index in [1.54, 1.807) is 6.07 Å². The van der Waals surface area contributed by atoms with Gasteiger partial charge in [0.05, 0.1) is 6.61 Å². The molecule has 0 radical (unpaired) electrons. The van der Waals surface area contributed by atoms with Crippen molar-refractivity contribution in [3.63, 3.8) is 0 Å². The first-order valence-corrected chi connectivity index (χ1v) is 15.7. The van der Waals surface area contributed by atoms with Gasteiger partial charge < -0.3 is 20.1 Å². The second kappa shape index (κ2) is 14.6. The molecule has 0 atom stereocenters. The van der Waals surface area contributed by atoms with Crippen molar-refractivity contribution in [1.82, 2.24) is 10.2 Å². The minimum Gasteiger partial charge on any atom is -0.491 e. The SMILES string of the molecule is O=C(NCCCCN1CCC(c2ccc3c(c2OCCO)CCCC3)CC1)c1ccc(-c2ccc(Cl)cc2Cl)cc1. The maximum absolute atomic E-state index is 12.6. The molecule has 1 aliphatic carbocycles. The van der Waals surface area contributed by atoms with Crippen molar-refractivity contribution in [3.8, 4) is 16.9 Å². The number of unbranched alkanes of at least 4 members (excludes halogenated alkanes) is 1. The molecule has 0 spiro atoms. The fourth-order valence-corrected chi connectivity index (χ4v) is 6.73. The first-order valence-electron chi connectivity index (χ1n) is 15.0. The molecule has 2 N–H and O–H groups in total. The number of ether oxygens (including phenoxy) is 1. The number of likely N-dealkylation sites (tertiary alicyclic amines) is 1. The molecule has 7 heteroatoms. The Morgan fingerprint density at radius 2 is 1.76 bits per heavy atom. The number of rotatable bonds is 11. The number of nitrogens with zero attached hydrogens (tertiary/aromatic N) is 1. The van der Waals surface area contributed by atoms with Gasteiger partial charge in [-0.15, -0.1) is 0 Å². The van der Waals surface area contributed by atoms with E-state index in [0.717, 1.165) is 75.0 Å². The Morgan fingerprint density at radius 1 is 0.976 bits per heavy atom. The molecule has 41 heavy (non-hydrogen) atoms. The number of aryl methyl sites for hydroxylation is 1. The van der Waals surface area contributed by atoms with Gasteiger partial charge in [-0.1, -0.05) is 53.5 Å². The molecule has 0 saturated carbocycles. The maximum atomic E-state index is 12.6. The summed E-state index contributed by atoms with van der Waals surface area (Å²) >= 11 is 12.3. The lowest BCUT2D eigenvalue weighted by Gasteiger charge is -2.34. The average molecular weight is 596 g/mol. The van der Waals surface area contributed by atoms with Gasteiger partial charge in [0.15, 0.2) is 0 Å². The molecule has 2 aliphatic rings. The number of aliphatic hydroxyl groups is 1. The number of carbonyl (C=O) groups excluding carboxylic acids is 1. The number of benzene rings is 3. The van der Waals surface area contributed by atoms with Gasteiger partial charge in [0, 0.05) is 27.7 Å². The van der Waals surface area contributed by atoms with Crippen molar-refractivity contribution in [3.05, 3.63) is 86.9 Å². The van der Waals surface area contributed by atoms with Crippen molar-refractivity contribution in [1.29, 1.82) is 0 Å². The smallest absolute Gasteiger partial charge is 0.251 e. The summed E-state index contributed by atoms with van der Waals surface area (Å²) in [7, 11) is 0. The van der Waals surface area contributed by atoms with Gasteiger partial charge in [0.25, 0.3) is 5.91 Å². The zero-order valence-corrected chi connectivity index (χ0v) is 25.2. The molecule has 5 nitrogen and oxygen atoms in total. The molecule has 1 fully saturated rings. The lowest BCUT2D eigenvalue weighted by Crippen LogP contribution is -2.34. The third-order valence-electron chi connectivity index (χ3n) is 8.45. The standard InChI is InChI=1S/C34H40Cl2N2O3/c35-28-12-14-29(32(36)23-28)25-7-9-27(10-8-25)34(40)37-17-3-4-18-38-19-15-26(16-20-38)31-13-11-24-5-1-2-6-30(24)33(31)41-22-21-39/h7-14,23,26,39H,1-6,15-22H2,(H,37,40). The quantitative estimate of drug-likeness (QED) is 0.229. The van der Waals surface area contributed by atoms with Crippen LogP contribution in [0.2, 0.25) is 10.0 Å². The number of aliphatic hydroxyl groups excluding tert-OH is 1.